The number of carboxylic acids is 1. The van der Waals surface area contributed by atoms with Crippen LogP contribution in [0.25, 0.3) is 0 Å². The number of hydrogen-bond donors (Lipinski definition) is 2. The lowest BCUT2D eigenvalue weighted by molar-refractivity contribution is -0.181. The summed E-state index contributed by atoms with van der Waals surface area (Å²) in [5.41, 5.74) is -0.242. The summed E-state index contributed by atoms with van der Waals surface area (Å²) in [5.74, 6) is -1.32. The summed E-state index contributed by atoms with van der Waals surface area (Å²) < 4.78 is 60.4. The van der Waals surface area contributed by atoms with Crippen LogP contribution in [0.5, 0.6) is 0 Å². The summed E-state index contributed by atoms with van der Waals surface area (Å²) in [6.45, 7) is -1.79. The van der Waals surface area contributed by atoms with Crippen LogP contribution in [0.2, 0.25) is 0 Å². The zero-order valence-electron chi connectivity index (χ0n) is 10.4. The fraction of sp³-hybridized carbons (Fsp3) is 0.500. The minimum atomic E-state index is -4.69. The summed E-state index contributed by atoms with van der Waals surface area (Å²) in [6.07, 6.45) is -2.19. The van der Waals surface area contributed by atoms with Gasteiger partial charge < -0.3 is 9.67 Å². The van der Waals surface area contributed by atoms with Gasteiger partial charge in [0.25, 0.3) is 10.0 Å². The predicted octanol–water partition coefficient (Wildman–Crippen LogP) is 1.29. The second kappa shape index (κ2) is 5.31. The van der Waals surface area contributed by atoms with Crippen LogP contribution in [0, 0.1) is 0 Å². The van der Waals surface area contributed by atoms with Crippen LogP contribution in [-0.2, 0) is 14.9 Å². The smallest absolute Gasteiger partial charge is 0.413 e. The Labute approximate surface area is 117 Å². The van der Waals surface area contributed by atoms with E-state index in [1.165, 1.54) is 9.45 Å². The molecule has 118 valence electrons. The van der Waals surface area contributed by atoms with Crippen LogP contribution in [0.4, 0.5) is 13.2 Å². The zero-order valence-corrected chi connectivity index (χ0v) is 11.2. The molecule has 2 N–H and O–H groups in total. The molecule has 1 saturated carbocycles. The van der Waals surface area contributed by atoms with E-state index in [1.54, 1.807) is 0 Å². The van der Waals surface area contributed by atoms with Crippen molar-refractivity contribution in [2.24, 2.45) is 0 Å². The summed E-state index contributed by atoms with van der Waals surface area (Å²) >= 11 is 0. The van der Waals surface area contributed by atoms with Gasteiger partial charge in [-0.2, -0.15) is 13.2 Å². The van der Waals surface area contributed by atoms with Gasteiger partial charge in [0.15, 0.2) is 6.61 Å². The molecule has 1 fully saturated rings. The summed E-state index contributed by atoms with van der Waals surface area (Å²) in [6, 6.07) is 0.774. The van der Waals surface area contributed by atoms with Crippen molar-refractivity contribution in [3.8, 4) is 0 Å². The fourth-order valence-electron chi connectivity index (χ4n) is 1.66. The van der Waals surface area contributed by atoms with Crippen LogP contribution < -0.4 is 4.89 Å². The molecule has 1 aromatic heterocycles. The number of carbonyl (C=O) groups is 1. The Balaban J connectivity index is 2.16. The third-order valence-electron chi connectivity index (χ3n) is 2.70. The van der Waals surface area contributed by atoms with Gasteiger partial charge in [0.05, 0.1) is 0 Å². The Morgan fingerprint density at radius 3 is 2.57 bits per heavy atom. The number of nitrogens with zero attached hydrogens (tertiary/aromatic N) is 1. The highest BCUT2D eigenvalue weighted by molar-refractivity contribution is 7.89. The van der Waals surface area contributed by atoms with Crippen molar-refractivity contribution < 1.29 is 36.3 Å². The largest absolute Gasteiger partial charge is 0.477 e. The maximum Gasteiger partial charge on any atom is 0.413 e. The first-order valence-electron chi connectivity index (χ1n) is 5.76. The lowest BCUT2D eigenvalue weighted by Gasteiger charge is -2.08. The minimum Gasteiger partial charge on any atom is -0.477 e. The molecular weight excluding hydrogens is 317 g/mol. The highest BCUT2D eigenvalue weighted by Gasteiger charge is 2.32. The summed E-state index contributed by atoms with van der Waals surface area (Å²) in [7, 11) is -4.38. The molecule has 0 bridgehead atoms. The van der Waals surface area contributed by atoms with Gasteiger partial charge in [-0.15, -0.1) is 0 Å². The first kappa shape index (κ1) is 15.8. The molecular formula is C10H11F3N2O5S. The summed E-state index contributed by atoms with van der Waals surface area (Å²) in [4.78, 5) is 15.8. The fourth-order valence-corrected chi connectivity index (χ4v) is 2.49. The summed E-state index contributed by atoms with van der Waals surface area (Å²) in [5, 5.41) is 8.99. The van der Waals surface area contributed by atoms with Crippen LogP contribution in [0.15, 0.2) is 17.2 Å². The Morgan fingerprint density at radius 1 is 1.48 bits per heavy atom. The first-order chi connectivity index (χ1) is 9.60. The van der Waals surface area contributed by atoms with E-state index in [9.17, 15) is 26.4 Å². The van der Waals surface area contributed by atoms with E-state index < -0.39 is 33.7 Å². The Morgan fingerprint density at radius 2 is 2.10 bits per heavy atom. The van der Waals surface area contributed by atoms with Crippen molar-refractivity contribution >= 4 is 16.0 Å². The third kappa shape index (κ3) is 3.95. The lowest BCUT2D eigenvalue weighted by Crippen LogP contribution is -2.29. The molecule has 11 heteroatoms. The topological polar surface area (TPSA) is 97.6 Å². The molecule has 0 unspecified atom stereocenters. The Kier molecular flexibility index (Phi) is 4.00. The average Bonchev–Trinajstić information content (AvgIpc) is 3.05. The van der Waals surface area contributed by atoms with E-state index in [2.05, 4.69) is 4.84 Å². The molecule has 0 atom stereocenters. The molecule has 0 aromatic carbocycles. The van der Waals surface area contributed by atoms with Gasteiger partial charge in [-0.25, -0.2) is 13.2 Å². The van der Waals surface area contributed by atoms with E-state index >= 15 is 0 Å². The van der Waals surface area contributed by atoms with Gasteiger partial charge >= 0.3 is 12.1 Å². The lowest BCUT2D eigenvalue weighted by atomic mass is 10.4. The van der Waals surface area contributed by atoms with Crippen LogP contribution in [0.1, 0.15) is 29.4 Å². The van der Waals surface area contributed by atoms with E-state index in [1.807, 2.05) is 0 Å². The van der Waals surface area contributed by atoms with Gasteiger partial charge in [0.1, 0.15) is 10.6 Å². The van der Waals surface area contributed by atoms with Crippen molar-refractivity contribution in [1.82, 2.24) is 9.45 Å². The minimum absolute atomic E-state index is 0.101. The van der Waals surface area contributed by atoms with Crippen molar-refractivity contribution in [2.45, 2.75) is 30.0 Å². The number of aromatic nitrogens is 1. The van der Waals surface area contributed by atoms with Gasteiger partial charge in [0, 0.05) is 12.2 Å². The molecule has 0 radical (unpaired) electrons. The monoisotopic (exact) mass is 328 g/mol. The number of nitrogens with one attached hydrogen (secondary N) is 1. The van der Waals surface area contributed by atoms with Crippen LogP contribution >= 0.6 is 0 Å². The molecule has 1 aromatic rings. The molecule has 0 amide bonds. The molecule has 0 saturated heterocycles. The molecule has 1 aliphatic carbocycles. The quantitative estimate of drug-likeness (QED) is 0.767. The molecule has 0 aliphatic heterocycles. The van der Waals surface area contributed by atoms with E-state index in [-0.39, 0.29) is 11.7 Å². The van der Waals surface area contributed by atoms with Crippen molar-refractivity contribution in [3.63, 3.8) is 0 Å². The second-order valence-electron chi connectivity index (χ2n) is 4.50. The number of sulfonamides is 1. The van der Waals surface area contributed by atoms with Gasteiger partial charge in [-0.05, 0) is 18.9 Å². The molecule has 1 aliphatic rings. The Hall–Kier alpha value is -1.59. The second-order valence-corrected chi connectivity index (χ2v) is 6.14. The van der Waals surface area contributed by atoms with Crippen LogP contribution in [0.3, 0.4) is 0 Å². The number of carboxylic acid groups (broad SMARTS) is 1. The maximum atomic E-state index is 11.9. The number of hydrogen-bond acceptors (Lipinski definition) is 4. The predicted molar refractivity (Wildman–Crippen MR) is 62.0 cm³/mol. The SMILES string of the molecule is O=C(O)c1cc(S(=O)(=O)NOCC(F)(F)F)cn1C1CC1. The highest BCUT2D eigenvalue weighted by Crippen LogP contribution is 2.37. The number of halogens is 3. The van der Waals surface area contributed by atoms with Crippen molar-refractivity contribution in [3.05, 3.63) is 18.0 Å². The Bertz CT molecular complexity index is 648. The maximum absolute atomic E-state index is 11.9. The third-order valence-corrected chi connectivity index (χ3v) is 3.88. The normalized spacial score (nSPS) is 16.1. The van der Waals surface area contributed by atoms with Crippen molar-refractivity contribution in [2.75, 3.05) is 6.61 Å². The van der Waals surface area contributed by atoms with E-state index in [0.29, 0.717) is 12.8 Å². The molecule has 2 rings (SSSR count). The van der Waals surface area contributed by atoms with E-state index in [0.717, 1.165) is 12.3 Å². The number of rotatable bonds is 6. The molecule has 21 heavy (non-hydrogen) atoms. The average molecular weight is 328 g/mol. The molecule has 1 heterocycles. The zero-order chi connectivity index (χ0) is 15.8. The van der Waals surface area contributed by atoms with Gasteiger partial charge in [0.2, 0.25) is 0 Å². The first-order valence-corrected chi connectivity index (χ1v) is 7.24. The number of alkyl halides is 3. The number of aromatic carboxylic acids is 1. The van der Waals surface area contributed by atoms with Crippen molar-refractivity contribution in [1.29, 1.82) is 0 Å². The van der Waals surface area contributed by atoms with Gasteiger partial charge in [-0.3, -0.25) is 4.84 Å². The molecule has 7 nitrogen and oxygen atoms in total. The standard InChI is InChI=1S/C10H11F3N2O5S/c11-10(12,13)5-20-14-21(18,19)7-3-8(9(16)17)15(4-7)6-1-2-6/h3-4,6,14H,1-2,5H2,(H,16,17). The molecule has 0 spiro atoms. The van der Waals surface area contributed by atoms with Gasteiger partial charge in [-0.1, -0.05) is 4.89 Å². The highest BCUT2D eigenvalue weighted by atomic mass is 32.2. The van der Waals surface area contributed by atoms with E-state index in [4.69, 9.17) is 5.11 Å². The van der Waals surface area contributed by atoms with Crippen LogP contribution in [-0.4, -0.2) is 36.8 Å².